The van der Waals surface area contributed by atoms with Crippen molar-refractivity contribution in [2.75, 3.05) is 0 Å². The van der Waals surface area contributed by atoms with E-state index in [1.165, 1.54) is 32.6 Å². The van der Waals surface area contributed by atoms with E-state index in [2.05, 4.69) is 74.2 Å². The quantitative estimate of drug-likeness (QED) is 0.305. The van der Waals surface area contributed by atoms with Crippen LogP contribution in [0.3, 0.4) is 0 Å². The Morgan fingerprint density at radius 3 is 2.33 bits per heavy atom. The molecular weight excluding hydrogens is 373 g/mol. The average molecular weight is 383 g/mol. The summed E-state index contributed by atoms with van der Waals surface area (Å²) in [5.41, 5.74) is 4.38. The lowest BCUT2D eigenvalue weighted by molar-refractivity contribution is 0.669. The van der Waals surface area contributed by atoms with Gasteiger partial charge in [0.05, 0.1) is 33.9 Å². The lowest BCUT2D eigenvalue weighted by atomic mass is 10.1. The maximum Gasteiger partial charge on any atom is 0.136 e. The Kier molecular flexibility index (Phi) is 2.22. The first-order valence-electron chi connectivity index (χ1n) is 6.83. The number of fused-ring (bicyclic) bond motifs is 6. The molecule has 0 atom stereocenters. The number of hydrogen-bond acceptors (Lipinski definition) is 1. The van der Waals surface area contributed by atoms with Crippen molar-refractivity contribution in [2.45, 2.75) is 0 Å². The molecule has 0 amide bonds. The summed E-state index contributed by atoms with van der Waals surface area (Å²) in [4.78, 5) is 0. The number of hydrogen-bond donors (Lipinski definition) is 0. The Morgan fingerprint density at radius 1 is 0.667 bits per heavy atom. The second-order valence-electron chi connectivity index (χ2n) is 5.26. The first-order chi connectivity index (χ1) is 10.3. The predicted molar refractivity (Wildman–Crippen MR) is 96.1 cm³/mol. The molecule has 0 bridgehead atoms. The Hall–Kier alpha value is -2.01. The van der Waals surface area contributed by atoms with Crippen molar-refractivity contribution >= 4 is 66.6 Å². The molecule has 3 heteroatoms. The van der Waals surface area contributed by atoms with Crippen LogP contribution in [-0.2, 0) is 0 Å². The van der Waals surface area contributed by atoms with Crippen molar-refractivity contribution in [1.29, 1.82) is 0 Å². The van der Waals surface area contributed by atoms with Gasteiger partial charge >= 0.3 is 0 Å². The van der Waals surface area contributed by atoms with Gasteiger partial charge in [0.2, 0.25) is 0 Å². The molecule has 0 fully saturated rings. The highest BCUT2D eigenvalue weighted by atomic mass is 127. The summed E-state index contributed by atoms with van der Waals surface area (Å²) in [6.07, 6.45) is 0. The molecule has 2 aromatic heterocycles. The van der Waals surface area contributed by atoms with Crippen LogP contribution in [0, 0.1) is 0 Å². The highest BCUT2D eigenvalue weighted by Gasteiger charge is 2.13. The third kappa shape index (κ3) is 1.47. The van der Waals surface area contributed by atoms with E-state index in [9.17, 15) is 0 Å². The molecular formula is C18H10INO. The standard InChI is InChI=1S/C18H10INO/c19-20-15-7-3-1-5-11(15)13-10-18-14(9-16(13)20)12-6-2-4-8-17(12)21-18/h1-10H. The van der Waals surface area contributed by atoms with Gasteiger partial charge in [-0.2, -0.15) is 0 Å². The van der Waals surface area contributed by atoms with Crippen LogP contribution >= 0.6 is 22.9 Å². The van der Waals surface area contributed by atoms with Gasteiger partial charge in [-0.05, 0) is 24.3 Å². The lowest BCUT2D eigenvalue weighted by Crippen LogP contribution is -1.77. The van der Waals surface area contributed by atoms with E-state index in [1.54, 1.807) is 0 Å². The number of rotatable bonds is 0. The van der Waals surface area contributed by atoms with E-state index < -0.39 is 0 Å². The average Bonchev–Trinajstić information content (AvgIpc) is 3.02. The van der Waals surface area contributed by atoms with Crippen molar-refractivity contribution in [3.05, 3.63) is 60.7 Å². The van der Waals surface area contributed by atoms with Crippen molar-refractivity contribution in [3.63, 3.8) is 0 Å². The summed E-state index contributed by atoms with van der Waals surface area (Å²) in [5, 5.41) is 4.87. The van der Waals surface area contributed by atoms with E-state index in [4.69, 9.17) is 4.42 Å². The van der Waals surface area contributed by atoms with Gasteiger partial charge in [0.25, 0.3) is 0 Å². The molecule has 0 spiro atoms. The van der Waals surface area contributed by atoms with Crippen molar-refractivity contribution < 1.29 is 4.42 Å². The molecule has 0 radical (unpaired) electrons. The van der Waals surface area contributed by atoms with Gasteiger partial charge in [0, 0.05) is 21.5 Å². The van der Waals surface area contributed by atoms with Gasteiger partial charge in [0.1, 0.15) is 11.2 Å². The van der Waals surface area contributed by atoms with Crippen LogP contribution in [0.2, 0.25) is 0 Å². The minimum absolute atomic E-state index is 0.949. The van der Waals surface area contributed by atoms with Crippen LogP contribution in [0.15, 0.2) is 65.1 Å². The zero-order valence-corrected chi connectivity index (χ0v) is 13.2. The maximum atomic E-state index is 6.01. The summed E-state index contributed by atoms with van der Waals surface area (Å²) < 4.78 is 8.23. The minimum Gasteiger partial charge on any atom is -0.456 e. The normalized spacial score (nSPS) is 12.0. The molecule has 5 rings (SSSR count). The van der Waals surface area contributed by atoms with E-state index in [0.29, 0.717) is 0 Å². The molecule has 3 aromatic carbocycles. The lowest BCUT2D eigenvalue weighted by Gasteiger charge is -1.95. The Balaban J connectivity index is 2.08. The van der Waals surface area contributed by atoms with E-state index in [1.807, 2.05) is 12.1 Å². The zero-order valence-electron chi connectivity index (χ0n) is 11.0. The highest BCUT2D eigenvalue weighted by Crippen LogP contribution is 2.37. The molecule has 0 unspecified atom stereocenters. The van der Waals surface area contributed by atoms with Crippen molar-refractivity contribution in [1.82, 2.24) is 2.78 Å². The van der Waals surface area contributed by atoms with Crippen LogP contribution in [0.4, 0.5) is 0 Å². The van der Waals surface area contributed by atoms with Gasteiger partial charge < -0.3 is 4.42 Å². The summed E-state index contributed by atoms with van der Waals surface area (Å²) >= 11 is 2.37. The molecule has 0 saturated heterocycles. The zero-order chi connectivity index (χ0) is 14.0. The molecule has 2 heterocycles. The monoisotopic (exact) mass is 383 g/mol. The maximum absolute atomic E-state index is 6.01. The van der Waals surface area contributed by atoms with Crippen LogP contribution in [0.1, 0.15) is 0 Å². The number of halogens is 1. The number of benzene rings is 3. The third-order valence-electron chi connectivity index (χ3n) is 4.11. The Morgan fingerprint density at radius 2 is 1.43 bits per heavy atom. The van der Waals surface area contributed by atoms with Gasteiger partial charge in [-0.3, -0.25) is 2.78 Å². The van der Waals surface area contributed by atoms with Gasteiger partial charge in [-0.1, -0.05) is 36.4 Å². The smallest absolute Gasteiger partial charge is 0.136 e. The molecule has 0 aliphatic rings. The molecule has 21 heavy (non-hydrogen) atoms. The predicted octanol–water partition coefficient (Wildman–Crippen LogP) is 5.89. The van der Waals surface area contributed by atoms with E-state index in [0.717, 1.165) is 11.2 Å². The topological polar surface area (TPSA) is 18.1 Å². The van der Waals surface area contributed by atoms with Crippen LogP contribution < -0.4 is 0 Å². The van der Waals surface area contributed by atoms with Gasteiger partial charge in [0.15, 0.2) is 0 Å². The molecule has 0 saturated carbocycles. The fraction of sp³-hybridized carbons (Fsp3) is 0. The molecule has 100 valence electrons. The van der Waals surface area contributed by atoms with Crippen LogP contribution in [0.25, 0.3) is 43.7 Å². The van der Waals surface area contributed by atoms with E-state index >= 15 is 0 Å². The summed E-state index contributed by atoms with van der Waals surface area (Å²) in [6.45, 7) is 0. The largest absolute Gasteiger partial charge is 0.456 e. The number of para-hydroxylation sites is 2. The molecule has 5 aromatic rings. The number of furan rings is 1. The van der Waals surface area contributed by atoms with Gasteiger partial charge in [-0.25, -0.2) is 0 Å². The number of nitrogens with zero attached hydrogens (tertiary/aromatic N) is 1. The summed E-state index contributed by atoms with van der Waals surface area (Å²) in [5.74, 6) is 0. The highest BCUT2D eigenvalue weighted by molar-refractivity contribution is 14.1. The van der Waals surface area contributed by atoms with E-state index in [-0.39, 0.29) is 0 Å². The molecule has 0 aliphatic carbocycles. The van der Waals surface area contributed by atoms with Crippen LogP contribution in [0.5, 0.6) is 0 Å². The first-order valence-corrected chi connectivity index (χ1v) is 7.80. The van der Waals surface area contributed by atoms with Gasteiger partial charge in [-0.15, -0.1) is 0 Å². The molecule has 2 nitrogen and oxygen atoms in total. The van der Waals surface area contributed by atoms with Crippen molar-refractivity contribution in [3.8, 4) is 0 Å². The first kappa shape index (κ1) is 11.6. The van der Waals surface area contributed by atoms with Crippen LogP contribution in [-0.4, -0.2) is 2.78 Å². The fourth-order valence-electron chi connectivity index (χ4n) is 3.14. The van der Waals surface area contributed by atoms with Crippen molar-refractivity contribution in [2.24, 2.45) is 0 Å². The second kappa shape index (κ2) is 4.01. The SMILES string of the molecule is In1c2ccccc2c2cc3oc4ccccc4c3cc21. The Bertz CT molecular complexity index is 1150. The third-order valence-corrected chi connectivity index (χ3v) is 5.15. The Labute approximate surface area is 134 Å². The summed E-state index contributed by atoms with van der Waals surface area (Å²) in [6, 6.07) is 21.1. The minimum atomic E-state index is 0.949. The molecule has 0 N–H and O–H groups in total. The fourth-order valence-corrected chi connectivity index (χ4v) is 3.96. The molecule has 0 aliphatic heterocycles. The summed E-state index contributed by atoms with van der Waals surface area (Å²) in [7, 11) is 0. The number of aromatic nitrogens is 1. The second-order valence-corrected chi connectivity index (χ2v) is 6.23.